The molecule has 1 aromatic heterocycles. The van der Waals surface area contributed by atoms with E-state index in [4.69, 9.17) is 4.74 Å². The summed E-state index contributed by atoms with van der Waals surface area (Å²) in [5, 5.41) is 3.55. The van der Waals surface area contributed by atoms with Crippen LogP contribution in [0.2, 0.25) is 0 Å². The Hall–Kier alpha value is -0.360. The third-order valence-electron chi connectivity index (χ3n) is 3.13. The van der Waals surface area contributed by atoms with E-state index in [9.17, 15) is 0 Å². The van der Waals surface area contributed by atoms with Crippen LogP contribution in [0.25, 0.3) is 0 Å². The number of rotatable bonds is 6. The van der Waals surface area contributed by atoms with Gasteiger partial charge in [0.2, 0.25) is 0 Å². The molecule has 1 unspecified atom stereocenters. The summed E-state index contributed by atoms with van der Waals surface area (Å²) in [5.74, 6) is 0.865. The minimum atomic E-state index is 0.320. The maximum absolute atomic E-state index is 5.25. The molecular weight excluding hydrogens is 402 g/mol. The zero-order valence-corrected chi connectivity index (χ0v) is 15.4. The molecule has 0 amide bonds. The third-order valence-corrected chi connectivity index (χ3v) is 5.43. The predicted molar refractivity (Wildman–Crippen MR) is 92.8 cm³/mol. The van der Waals surface area contributed by atoms with Crippen molar-refractivity contribution in [3.8, 4) is 5.75 Å². The summed E-state index contributed by atoms with van der Waals surface area (Å²) in [6, 6.07) is 10.8. The van der Waals surface area contributed by atoms with Gasteiger partial charge in [0, 0.05) is 17.5 Å². The minimum Gasteiger partial charge on any atom is -0.496 e. The molecule has 1 N–H and O–H groups in total. The number of halogens is 2. The molecule has 2 aromatic rings. The van der Waals surface area contributed by atoms with Crippen LogP contribution >= 0.6 is 43.2 Å². The Morgan fingerprint density at radius 3 is 2.65 bits per heavy atom. The van der Waals surface area contributed by atoms with Crippen LogP contribution in [0.1, 0.15) is 23.4 Å². The Balaban J connectivity index is 1.88. The van der Waals surface area contributed by atoms with Crippen molar-refractivity contribution < 1.29 is 4.74 Å². The lowest BCUT2D eigenvalue weighted by Gasteiger charge is -2.15. The Kier molecular flexibility index (Phi) is 6.08. The van der Waals surface area contributed by atoms with Gasteiger partial charge in [-0.25, -0.2) is 0 Å². The van der Waals surface area contributed by atoms with Gasteiger partial charge in [-0.15, -0.1) is 11.3 Å². The topological polar surface area (TPSA) is 21.3 Å². The van der Waals surface area contributed by atoms with Crippen LogP contribution < -0.4 is 10.1 Å². The second-order valence-electron chi connectivity index (χ2n) is 4.53. The Bertz CT molecular complexity index is 571. The van der Waals surface area contributed by atoms with E-state index in [1.54, 1.807) is 18.4 Å². The molecule has 0 aliphatic heterocycles. The fourth-order valence-electron chi connectivity index (χ4n) is 1.97. The molecule has 1 aromatic carbocycles. The lowest BCUT2D eigenvalue weighted by Crippen LogP contribution is -2.21. The molecule has 0 spiro atoms. The van der Waals surface area contributed by atoms with Crippen molar-refractivity contribution in [2.24, 2.45) is 0 Å². The highest BCUT2D eigenvalue weighted by atomic mass is 79.9. The van der Waals surface area contributed by atoms with Crippen molar-refractivity contribution in [2.45, 2.75) is 19.4 Å². The minimum absolute atomic E-state index is 0.320. The van der Waals surface area contributed by atoms with Crippen LogP contribution in [-0.2, 0) is 6.42 Å². The average Bonchev–Trinajstić information content (AvgIpc) is 2.84. The summed E-state index contributed by atoms with van der Waals surface area (Å²) in [7, 11) is 1.68. The molecule has 0 aliphatic rings. The molecule has 0 saturated carbocycles. The summed E-state index contributed by atoms with van der Waals surface area (Å²) in [6.45, 7) is 3.15. The molecule has 1 heterocycles. The van der Waals surface area contributed by atoms with Crippen molar-refractivity contribution in [2.75, 3.05) is 13.7 Å². The standard InChI is InChI=1S/C15H17Br2NOS/c1-10(11-3-5-14(19-2)13(16)9-11)18-8-7-12-4-6-15(17)20-12/h3-6,9-10,18H,7-8H2,1-2H3. The van der Waals surface area contributed by atoms with Crippen LogP contribution in [0, 0.1) is 0 Å². The highest BCUT2D eigenvalue weighted by Crippen LogP contribution is 2.28. The van der Waals surface area contributed by atoms with Crippen LogP contribution in [0.15, 0.2) is 38.6 Å². The molecule has 2 rings (SSSR count). The monoisotopic (exact) mass is 417 g/mol. The second kappa shape index (κ2) is 7.59. The normalized spacial score (nSPS) is 12.4. The molecule has 0 bridgehead atoms. The van der Waals surface area contributed by atoms with Crippen molar-refractivity contribution in [3.63, 3.8) is 0 Å². The van der Waals surface area contributed by atoms with Crippen LogP contribution in [0.3, 0.4) is 0 Å². The molecule has 0 saturated heterocycles. The summed E-state index contributed by atoms with van der Waals surface area (Å²) >= 11 is 8.81. The molecule has 0 fully saturated rings. The van der Waals surface area contributed by atoms with Gasteiger partial charge in [0.25, 0.3) is 0 Å². The summed E-state index contributed by atoms with van der Waals surface area (Å²) < 4.78 is 7.44. The van der Waals surface area contributed by atoms with Crippen LogP contribution in [-0.4, -0.2) is 13.7 Å². The van der Waals surface area contributed by atoms with Crippen molar-refractivity contribution >= 4 is 43.2 Å². The first-order valence-corrected chi connectivity index (χ1v) is 8.81. The quantitative estimate of drug-likeness (QED) is 0.698. The predicted octanol–water partition coefficient (Wildman–Crippen LogP) is 5.18. The van der Waals surface area contributed by atoms with E-state index in [-0.39, 0.29) is 0 Å². The molecule has 5 heteroatoms. The van der Waals surface area contributed by atoms with Crippen molar-refractivity contribution in [1.82, 2.24) is 5.32 Å². The van der Waals surface area contributed by atoms with Gasteiger partial charge in [-0.05, 0) is 75.0 Å². The summed E-state index contributed by atoms with van der Waals surface area (Å²) in [6.07, 6.45) is 1.05. The SMILES string of the molecule is COc1ccc(C(C)NCCc2ccc(Br)s2)cc1Br. The number of nitrogens with one attached hydrogen (secondary N) is 1. The number of methoxy groups -OCH3 is 1. The van der Waals surface area contributed by atoms with Gasteiger partial charge in [-0.2, -0.15) is 0 Å². The number of benzene rings is 1. The summed E-state index contributed by atoms with van der Waals surface area (Å²) in [4.78, 5) is 1.40. The third kappa shape index (κ3) is 4.32. The van der Waals surface area contributed by atoms with Gasteiger partial charge in [0.15, 0.2) is 0 Å². The molecule has 0 radical (unpaired) electrons. The molecule has 2 nitrogen and oxygen atoms in total. The number of thiophene rings is 1. The second-order valence-corrected chi connectivity index (χ2v) is 7.93. The maximum atomic E-state index is 5.25. The fraction of sp³-hybridized carbons (Fsp3) is 0.333. The van der Waals surface area contributed by atoms with Crippen molar-refractivity contribution in [3.05, 3.63) is 49.0 Å². The van der Waals surface area contributed by atoms with Crippen molar-refractivity contribution in [1.29, 1.82) is 0 Å². The lowest BCUT2D eigenvalue weighted by atomic mass is 10.1. The van der Waals surface area contributed by atoms with Gasteiger partial charge in [0.05, 0.1) is 15.4 Å². The van der Waals surface area contributed by atoms with E-state index in [1.165, 1.54) is 14.2 Å². The molecule has 1 atom stereocenters. The molecule has 0 aliphatic carbocycles. The Morgan fingerprint density at radius 2 is 2.05 bits per heavy atom. The Morgan fingerprint density at radius 1 is 1.25 bits per heavy atom. The number of hydrogen-bond donors (Lipinski definition) is 1. The van der Waals surface area contributed by atoms with Gasteiger partial charge in [-0.3, -0.25) is 0 Å². The van der Waals surface area contributed by atoms with E-state index in [0.717, 1.165) is 23.2 Å². The zero-order chi connectivity index (χ0) is 14.5. The number of hydrogen-bond acceptors (Lipinski definition) is 3. The van der Waals surface area contributed by atoms with Gasteiger partial charge in [0.1, 0.15) is 5.75 Å². The first-order valence-electron chi connectivity index (χ1n) is 6.41. The average molecular weight is 419 g/mol. The van der Waals surface area contributed by atoms with Crippen LogP contribution in [0.4, 0.5) is 0 Å². The van der Waals surface area contributed by atoms with E-state index in [1.807, 2.05) is 6.07 Å². The zero-order valence-electron chi connectivity index (χ0n) is 11.5. The first-order chi connectivity index (χ1) is 9.60. The highest BCUT2D eigenvalue weighted by molar-refractivity contribution is 9.11. The smallest absolute Gasteiger partial charge is 0.133 e. The van der Waals surface area contributed by atoms with E-state index < -0.39 is 0 Å². The number of ether oxygens (including phenoxy) is 1. The van der Waals surface area contributed by atoms with E-state index in [0.29, 0.717) is 6.04 Å². The van der Waals surface area contributed by atoms with Gasteiger partial charge >= 0.3 is 0 Å². The highest BCUT2D eigenvalue weighted by Gasteiger charge is 2.08. The van der Waals surface area contributed by atoms with Gasteiger partial charge in [-0.1, -0.05) is 6.07 Å². The summed E-state index contributed by atoms with van der Waals surface area (Å²) in [5.41, 5.74) is 1.25. The maximum Gasteiger partial charge on any atom is 0.133 e. The molecule has 108 valence electrons. The van der Waals surface area contributed by atoms with E-state index in [2.05, 4.69) is 68.4 Å². The van der Waals surface area contributed by atoms with Crippen LogP contribution in [0.5, 0.6) is 5.75 Å². The van der Waals surface area contributed by atoms with Gasteiger partial charge < -0.3 is 10.1 Å². The molecular formula is C15H17Br2NOS. The molecule has 20 heavy (non-hydrogen) atoms. The van der Waals surface area contributed by atoms with E-state index >= 15 is 0 Å². The lowest BCUT2D eigenvalue weighted by molar-refractivity contribution is 0.411. The fourth-order valence-corrected chi connectivity index (χ4v) is 4.01. The largest absolute Gasteiger partial charge is 0.496 e. The Labute approximate surface area is 140 Å². The first kappa shape index (κ1) is 16.0.